The van der Waals surface area contributed by atoms with Gasteiger partial charge in [-0.05, 0) is 43.7 Å². The number of sulfone groups is 1. The van der Waals surface area contributed by atoms with E-state index in [-0.39, 0.29) is 36.0 Å². The first kappa shape index (κ1) is 19.9. The van der Waals surface area contributed by atoms with Crippen molar-refractivity contribution in [3.8, 4) is 5.75 Å². The molecule has 0 saturated carbocycles. The fourth-order valence-electron chi connectivity index (χ4n) is 4.26. The first-order valence-electron chi connectivity index (χ1n) is 9.91. The molecule has 0 aliphatic carbocycles. The predicted octanol–water partition coefficient (Wildman–Crippen LogP) is 2.41. The third kappa shape index (κ3) is 4.16. The molecule has 0 unspecified atom stereocenters. The zero-order chi connectivity index (χ0) is 20.6. The zero-order valence-corrected chi connectivity index (χ0v) is 17.6. The normalized spacial score (nSPS) is 23.8. The van der Waals surface area contributed by atoms with Crippen LogP contribution in [0.1, 0.15) is 18.1 Å². The molecule has 0 N–H and O–H groups in total. The summed E-state index contributed by atoms with van der Waals surface area (Å²) in [6.07, 6.45) is 0. The molecule has 0 aromatic heterocycles. The number of carbonyl (C=O) groups is 1. The molecule has 2 aliphatic heterocycles. The molecule has 2 aromatic rings. The van der Waals surface area contributed by atoms with E-state index in [1.165, 1.54) is 5.56 Å². The van der Waals surface area contributed by atoms with Crippen molar-refractivity contribution in [1.29, 1.82) is 0 Å². The molecule has 0 spiro atoms. The van der Waals surface area contributed by atoms with Gasteiger partial charge in [-0.1, -0.05) is 29.8 Å². The van der Waals surface area contributed by atoms with Crippen molar-refractivity contribution in [3.63, 3.8) is 0 Å². The van der Waals surface area contributed by atoms with Crippen molar-refractivity contribution >= 4 is 21.4 Å². The van der Waals surface area contributed by atoms with Crippen LogP contribution in [0.15, 0.2) is 48.5 Å². The van der Waals surface area contributed by atoms with Gasteiger partial charge in [0.15, 0.2) is 9.84 Å². The van der Waals surface area contributed by atoms with Gasteiger partial charge in [-0.2, -0.15) is 0 Å². The second-order valence-electron chi connectivity index (χ2n) is 7.79. The fraction of sp³-hybridized carbons (Fsp3) is 0.409. The SMILES string of the molecule is CCOc1ccc(N2C(=O)CN(Cc3ccc(C)cc3)[C@H]3CS(=O)(=O)C[C@H]32)cc1. The summed E-state index contributed by atoms with van der Waals surface area (Å²) in [6.45, 7) is 5.29. The van der Waals surface area contributed by atoms with E-state index in [0.717, 1.165) is 17.0 Å². The van der Waals surface area contributed by atoms with Crippen LogP contribution in [0, 0.1) is 6.92 Å². The summed E-state index contributed by atoms with van der Waals surface area (Å²) in [5.74, 6) is 0.752. The van der Waals surface area contributed by atoms with Crippen LogP contribution in [0.2, 0.25) is 0 Å². The van der Waals surface area contributed by atoms with Crippen LogP contribution in [0.4, 0.5) is 5.69 Å². The molecule has 4 rings (SSSR count). The first-order chi connectivity index (χ1) is 13.9. The van der Waals surface area contributed by atoms with Gasteiger partial charge in [0.2, 0.25) is 5.91 Å². The average Bonchev–Trinajstić information content (AvgIpc) is 3.00. The third-order valence-corrected chi connectivity index (χ3v) is 7.33. The zero-order valence-electron chi connectivity index (χ0n) is 16.7. The lowest BCUT2D eigenvalue weighted by Gasteiger charge is -2.43. The van der Waals surface area contributed by atoms with Gasteiger partial charge in [0.1, 0.15) is 5.75 Å². The fourth-order valence-corrected chi connectivity index (χ4v) is 6.25. The van der Waals surface area contributed by atoms with Crippen molar-refractivity contribution in [2.24, 2.45) is 0 Å². The summed E-state index contributed by atoms with van der Waals surface area (Å²) in [5.41, 5.74) is 2.98. The molecule has 29 heavy (non-hydrogen) atoms. The smallest absolute Gasteiger partial charge is 0.241 e. The molecule has 0 bridgehead atoms. The Hall–Kier alpha value is -2.38. The van der Waals surface area contributed by atoms with Crippen molar-refractivity contribution < 1.29 is 17.9 Å². The van der Waals surface area contributed by atoms with Crippen LogP contribution < -0.4 is 9.64 Å². The highest BCUT2D eigenvalue weighted by Gasteiger charge is 2.49. The number of nitrogens with zero attached hydrogens (tertiary/aromatic N) is 2. The third-order valence-electron chi connectivity index (χ3n) is 5.63. The molecule has 2 saturated heterocycles. The molecule has 1 amide bonds. The maximum atomic E-state index is 13.1. The van der Waals surface area contributed by atoms with E-state index >= 15 is 0 Å². The van der Waals surface area contributed by atoms with E-state index in [1.807, 2.05) is 67.3 Å². The molecule has 7 heteroatoms. The Balaban J connectivity index is 1.61. The largest absolute Gasteiger partial charge is 0.494 e. The van der Waals surface area contributed by atoms with E-state index in [1.54, 1.807) is 4.90 Å². The molecular weight excluding hydrogens is 388 g/mol. The summed E-state index contributed by atoms with van der Waals surface area (Å²) in [6, 6.07) is 14.9. The van der Waals surface area contributed by atoms with E-state index in [0.29, 0.717) is 13.2 Å². The first-order valence-corrected chi connectivity index (χ1v) is 11.7. The quantitative estimate of drug-likeness (QED) is 0.752. The van der Waals surface area contributed by atoms with Crippen LogP contribution in [0.5, 0.6) is 5.75 Å². The topological polar surface area (TPSA) is 66.9 Å². The van der Waals surface area contributed by atoms with E-state index in [4.69, 9.17) is 4.74 Å². The summed E-state index contributed by atoms with van der Waals surface area (Å²) < 4.78 is 30.4. The number of hydrogen-bond acceptors (Lipinski definition) is 5. The molecule has 2 atom stereocenters. The van der Waals surface area contributed by atoms with Crippen LogP contribution >= 0.6 is 0 Å². The van der Waals surface area contributed by atoms with E-state index < -0.39 is 9.84 Å². The summed E-state index contributed by atoms with van der Waals surface area (Å²) in [5, 5.41) is 0. The Morgan fingerprint density at radius 1 is 1.00 bits per heavy atom. The van der Waals surface area contributed by atoms with E-state index in [2.05, 4.69) is 0 Å². The molecular formula is C22H26N2O4S. The molecule has 2 aromatic carbocycles. The summed E-state index contributed by atoms with van der Waals surface area (Å²) >= 11 is 0. The molecule has 2 fully saturated rings. The minimum Gasteiger partial charge on any atom is -0.494 e. The second-order valence-corrected chi connectivity index (χ2v) is 9.95. The Morgan fingerprint density at radius 3 is 2.31 bits per heavy atom. The van der Waals surface area contributed by atoms with Gasteiger partial charge < -0.3 is 9.64 Å². The van der Waals surface area contributed by atoms with Crippen LogP contribution in [0.25, 0.3) is 0 Å². The second kappa shape index (κ2) is 7.80. The number of piperazine rings is 1. The van der Waals surface area contributed by atoms with Gasteiger partial charge in [0.25, 0.3) is 0 Å². The Bertz CT molecular complexity index is 986. The number of rotatable bonds is 5. The van der Waals surface area contributed by atoms with Crippen molar-refractivity contribution in [3.05, 3.63) is 59.7 Å². The Kier molecular flexibility index (Phi) is 5.36. The van der Waals surface area contributed by atoms with Gasteiger partial charge in [0.05, 0.1) is 30.7 Å². The highest BCUT2D eigenvalue weighted by Crippen LogP contribution is 2.33. The van der Waals surface area contributed by atoms with Crippen molar-refractivity contribution in [2.75, 3.05) is 29.6 Å². The lowest BCUT2D eigenvalue weighted by molar-refractivity contribution is -0.123. The van der Waals surface area contributed by atoms with Crippen molar-refractivity contribution in [2.45, 2.75) is 32.5 Å². The number of hydrogen-bond donors (Lipinski definition) is 0. The number of ether oxygens (including phenoxy) is 1. The number of benzene rings is 2. The Labute approximate surface area is 172 Å². The van der Waals surface area contributed by atoms with Crippen LogP contribution in [-0.2, 0) is 21.2 Å². The maximum Gasteiger partial charge on any atom is 0.241 e. The predicted molar refractivity (Wildman–Crippen MR) is 113 cm³/mol. The van der Waals surface area contributed by atoms with E-state index in [9.17, 15) is 13.2 Å². The number of anilines is 1. The van der Waals surface area contributed by atoms with Crippen molar-refractivity contribution in [1.82, 2.24) is 4.90 Å². The van der Waals surface area contributed by atoms with Gasteiger partial charge in [-0.25, -0.2) is 8.42 Å². The van der Waals surface area contributed by atoms with Gasteiger partial charge in [0, 0.05) is 18.3 Å². The number of amides is 1. The summed E-state index contributed by atoms with van der Waals surface area (Å²) in [7, 11) is -3.20. The highest BCUT2D eigenvalue weighted by molar-refractivity contribution is 7.91. The highest BCUT2D eigenvalue weighted by atomic mass is 32.2. The molecule has 6 nitrogen and oxygen atoms in total. The number of fused-ring (bicyclic) bond motifs is 1. The standard InChI is InChI=1S/C22H26N2O4S/c1-3-28-19-10-8-18(9-11-19)24-21-15-29(26,27)14-20(21)23(13-22(24)25)12-17-6-4-16(2)5-7-17/h4-11,20-21H,3,12-15H2,1-2H3/t20-,21+/m0/s1. The van der Waals surface area contributed by atoms with Crippen LogP contribution in [0.3, 0.4) is 0 Å². The van der Waals surface area contributed by atoms with Crippen LogP contribution in [-0.4, -0.2) is 56.0 Å². The molecule has 2 heterocycles. The van der Waals surface area contributed by atoms with Gasteiger partial charge in [-0.15, -0.1) is 0 Å². The number of aryl methyl sites for hydroxylation is 1. The molecule has 154 valence electrons. The molecule has 0 radical (unpaired) electrons. The lowest BCUT2D eigenvalue weighted by Crippen LogP contribution is -2.61. The minimum atomic E-state index is -3.20. The number of carbonyl (C=O) groups excluding carboxylic acids is 1. The minimum absolute atomic E-state index is 0.00101. The van der Waals surface area contributed by atoms with Gasteiger partial charge >= 0.3 is 0 Å². The summed E-state index contributed by atoms with van der Waals surface area (Å²) in [4.78, 5) is 16.8. The lowest BCUT2D eigenvalue weighted by atomic mass is 10.0. The average molecular weight is 415 g/mol. The Morgan fingerprint density at radius 2 is 1.66 bits per heavy atom. The van der Waals surface area contributed by atoms with Gasteiger partial charge in [-0.3, -0.25) is 9.69 Å². The molecule has 2 aliphatic rings. The monoisotopic (exact) mass is 414 g/mol. The maximum absolute atomic E-state index is 13.1.